The van der Waals surface area contributed by atoms with E-state index in [2.05, 4.69) is 28.8 Å². The first-order valence-corrected chi connectivity index (χ1v) is 3.35. The summed E-state index contributed by atoms with van der Waals surface area (Å²) in [6.45, 7) is 8.76. The Hall–Kier alpha value is -1.38. The fraction of sp³-hybridized carbons (Fsp3) is 0.250. The van der Waals surface area contributed by atoms with Gasteiger partial charge in [0.1, 0.15) is 5.82 Å². The van der Waals surface area contributed by atoms with Crippen LogP contribution in [0.3, 0.4) is 0 Å². The molecule has 60 valence electrons. The Labute approximate surface area is 67.2 Å². The molecule has 0 amide bonds. The molecule has 0 aromatic rings. The van der Waals surface area contributed by atoms with E-state index in [1.807, 2.05) is 19.1 Å². The van der Waals surface area contributed by atoms with E-state index in [-0.39, 0.29) is 0 Å². The van der Waals surface area contributed by atoms with Crippen LogP contribution >= 0.6 is 0 Å². The summed E-state index contributed by atoms with van der Waals surface area (Å²) in [6.07, 6.45) is 6.51. The highest BCUT2D eigenvalue weighted by atomic mass is 15.3. The highest BCUT2D eigenvalue weighted by Crippen LogP contribution is 1.82. The highest BCUT2D eigenvalue weighted by Gasteiger charge is 1.77. The zero-order valence-corrected chi connectivity index (χ0v) is 6.75. The molecule has 0 radical (unpaired) electrons. The van der Waals surface area contributed by atoms with Crippen LogP contribution in [0.1, 0.15) is 13.3 Å². The quantitative estimate of drug-likeness (QED) is 0.362. The van der Waals surface area contributed by atoms with Gasteiger partial charge in [0.2, 0.25) is 0 Å². The number of hydrogen-bond donors (Lipinski definition) is 1. The van der Waals surface area contributed by atoms with Crippen LogP contribution in [0.15, 0.2) is 34.6 Å². The normalized spacial score (nSPS) is 10.6. The fourth-order valence-corrected chi connectivity index (χ4v) is 0.405. The summed E-state index contributed by atoms with van der Waals surface area (Å²) in [7, 11) is 0. The van der Waals surface area contributed by atoms with Crippen molar-refractivity contribution in [3.05, 3.63) is 24.6 Å². The minimum absolute atomic E-state index is 0.460. The lowest BCUT2D eigenvalue weighted by Crippen LogP contribution is -2.00. The Morgan fingerprint density at radius 2 is 2.36 bits per heavy atom. The first-order valence-electron chi connectivity index (χ1n) is 3.35. The Morgan fingerprint density at radius 3 is 2.91 bits per heavy atom. The fourth-order valence-electron chi connectivity index (χ4n) is 0.405. The highest BCUT2D eigenvalue weighted by molar-refractivity contribution is 5.59. The number of allylic oxidation sites excluding steroid dienone is 2. The minimum Gasteiger partial charge on any atom is -0.262 e. The van der Waals surface area contributed by atoms with Crippen molar-refractivity contribution in [2.24, 2.45) is 10.1 Å². The standard InChI is InChI=1S/C8H13N3/c1-4-5-6-7-10-11-8(2)9-3/h4-5,7,11H,2-3,6H2,1H3/b5-4-,10-7-. The van der Waals surface area contributed by atoms with Gasteiger partial charge in [0.25, 0.3) is 0 Å². The largest absolute Gasteiger partial charge is 0.262 e. The Bertz CT molecular complexity index is 180. The lowest BCUT2D eigenvalue weighted by Gasteiger charge is -1.93. The van der Waals surface area contributed by atoms with E-state index in [4.69, 9.17) is 0 Å². The molecular weight excluding hydrogens is 138 g/mol. The molecular formula is C8H13N3. The molecule has 0 fully saturated rings. The van der Waals surface area contributed by atoms with Crippen LogP contribution < -0.4 is 5.43 Å². The number of hydrogen-bond acceptors (Lipinski definition) is 3. The maximum atomic E-state index is 3.82. The predicted octanol–water partition coefficient (Wildman–Crippen LogP) is 1.70. The number of aliphatic imine (C=N–C) groups is 1. The molecule has 0 aromatic heterocycles. The van der Waals surface area contributed by atoms with Gasteiger partial charge in [-0.3, -0.25) is 5.43 Å². The van der Waals surface area contributed by atoms with Crippen molar-refractivity contribution in [1.82, 2.24) is 5.43 Å². The third-order valence-corrected chi connectivity index (χ3v) is 0.953. The Kier molecular flexibility index (Phi) is 5.89. The second-order valence-corrected chi connectivity index (χ2v) is 1.83. The molecule has 0 aliphatic rings. The first-order chi connectivity index (χ1) is 5.31. The van der Waals surface area contributed by atoms with E-state index >= 15 is 0 Å². The van der Waals surface area contributed by atoms with E-state index < -0.39 is 0 Å². The summed E-state index contributed by atoms with van der Waals surface area (Å²) in [5.74, 6) is 0.460. The lowest BCUT2D eigenvalue weighted by atomic mass is 10.4. The van der Waals surface area contributed by atoms with Gasteiger partial charge in [0.05, 0.1) is 0 Å². The second kappa shape index (κ2) is 6.74. The third kappa shape index (κ3) is 6.51. The maximum absolute atomic E-state index is 3.82. The summed E-state index contributed by atoms with van der Waals surface area (Å²) < 4.78 is 0. The van der Waals surface area contributed by atoms with Crippen molar-refractivity contribution < 1.29 is 0 Å². The number of nitrogens with one attached hydrogen (secondary N) is 1. The van der Waals surface area contributed by atoms with Crippen molar-refractivity contribution >= 4 is 12.9 Å². The van der Waals surface area contributed by atoms with E-state index in [9.17, 15) is 0 Å². The van der Waals surface area contributed by atoms with Crippen LogP contribution in [0.25, 0.3) is 0 Å². The van der Waals surface area contributed by atoms with Gasteiger partial charge in [0, 0.05) is 12.6 Å². The molecule has 0 saturated heterocycles. The average Bonchev–Trinajstić information content (AvgIpc) is 2.04. The molecule has 1 N–H and O–H groups in total. The summed E-state index contributed by atoms with van der Waals surface area (Å²) in [5, 5.41) is 3.82. The molecule has 0 saturated carbocycles. The van der Waals surface area contributed by atoms with E-state index in [0.29, 0.717) is 5.82 Å². The molecule has 0 bridgehead atoms. The summed E-state index contributed by atoms with van der Waals surface area (Å²) >= 11 is 0. The zero-order chi connectivity index (χ0) is 8.53. The van der Waals surface area contributed by atoms with Crippen molar-refractivity contribution in [1.29, 1.82) is 0 Å². The molecule has 0 spiro atoms. The smallest absolute Gasteiger partial charge is 0.138 e. The van der Waals surface area contributed by atoms with E-state index in [0.717, 1.165) is 6.42 Å². The number of rotatable bonds is 5. The van der Waals surface area contributed by atoms with Gasteiger partial charge in [-0.2, -0.15) is 5.10 Å². The summed E-state index contributed by atoms with van der Waals surface area (Å²) in [6, 6.07) is 0. The second-order valence-electron chi connectivity index (χ2n) is 1.83. The molecule has 0 aliphatic carbocycles. The minimum atomic E-state index is 0.460. The van der Waals surface area contributed by atoms with Crippen LogP contribution in [-0.4, -0.2) is 12.9 Å². The SMILES string of the molecule is C=NC(=C)N/N=C\C/C=C\C. The van der Waals surface area contributed by atoms with E-state index in [1.54, 1.807) is 6.21 Å². The van der Waals surface area contributed by atoms with Gasteiger partial charge in [-0.15, -0.1) is 0 Å². The molecule has 0 aliphatic heterocycles. The third-order valence-electron chi connectivity index (χ3n) is 0.953. The summed E-state index contributed by atoms with van der Waals surface area (Å²) in [5.41, 5.74) is 2.60. The van der Waals surface area contributed by atoms with Crippen molar-refractivity contribution in [2.75, 3.05) is 0 Å². The zero-order valence-electron chi connectivity index (χ0n) is 6.75. The predicted molar refractivity (Wildman–Crippen MR) is 49.7 cm³/mol. The van der Waals surface area contributed by atoms with Crippen LogP contribution in [0.5, 0.6) is 0 Å². The Balaban J connectivity index is 3.44. The molecule has 3 heteroatoms. The van der Waals surface area contributed by atoms with Gasteiger partial charge in [-0.1, -0.05) is 18.7 Å². The van der Waals surface area contributed by atoms with E-state index in [1.165, 1.54) is 0 Å². The molecule has 0 heterocycles. The molecule has 11 heavy (non-hydrogen) atoms. The molecule has 0 aromatic carbocycles. The molecule has 0 unspecified atom stereocenters. The first kappa shape index (κ1) is 9.62. The van der Waals surface area contributed by atoms with Crippen LogP contribution in [0, 0.1) is 0 Å². The molecule has 3 nitrogen and oxygen atoms in total. The van der Waals surface area contributed by atoms with Crippen molar-refractivity contribution in [3.63, 3.8) is 0 Å². The topological polar surface area (TPSA) is 36.8 Å². The van der Waals surface area contributed by atoms with Crippen LogP contribution in [0.2, 0.25) is 0 Å². The van der Waals surface area contributed by atoms with Gasteiger partial charge in [-0.25, -0.2) is 4.99 Å². The summed E-state index contributed by atoms with van der Waals surface area (Å²) in [4.78, 5) is 3.52. The van der Waals surface area contributed by atoms with Crippen molar-refractivity contribution in [3.8, 4) is 0 Å². The van der Waals surface area contributed by atoms with Gasteiger partial charge >= 0.3 is 0 Å². The van der Waals surface area contributed by atoms with Crippen molar-refractivity contribution in [2.45, 2.75) is 13.3 Å². The lowest BCUT2D eigenvalue weighted by molar-refractivity contribution is 0.882. The Morgan fingerprint density at radius 1 is 1.64 bits per heavy atom. The number of hydrazone groups is 1. The van der Waals surface area contributed by atoms with Crippen LogP contribution in [0.4, 0.5) is 0 Å². The maximum Gasteiger partial charge on any atom is 0.138 e. The van der Waals surface area contributed by atoms with Crippen LogP contribution in [-0.2, 0) is 0 Å². The number of nitrogens with zero attached hydrogens (tertiary/aromatic N) is 2. The monoisotopic (exact) mass is 151 g/mol. The van der Waals surface area contributed by atoms with Gasteiger partial charge < -0.3 is 0 Å². The van der Waals surface area contributed by atoms with Gasteiger partial charge in [-0.05, 0) is 13.6 Å². The molecule has 0 atom stereocenters. The molecule has 0 rings (SSSR count). The van der Waals surface area contributed by atoms with Gasteiger partial charge in [0.15, 0.2) is 0 Å². The average molecular weight is 151 g/mol.